The van der Waals surface area contributed by atoms with E-state index in [9.17, 15) is 18.0 Å². The van der Waals surface area contributed by atoms with Crippen LogP contribution in [-0.4, -0.2) is 34.9 Å². The van der Waals surface area contributed by atoms with Crippen LogP contribution in [0.4, 0.5) is 13.2 Å². The maximum atomic E-state index is 14.0. The summed E-state index contributed by atoms with van der Waals surface area (Å²) < 4.78 is 47.4. The highest BCUT2D eigenvalue weighted by Crippen LogP contribution is 2.40. The Morgan fingerprint density at radius 1 is 0.971 bits per heavy atom. The van der Waals surface area contributed by atoms with E-state index in [2.05, 4.69) is 10.1 Å². The van der Waals surface area contributed by atoms with Gasteiger partial charge in [0, 0.05) is 17.7 Å². The van der Waals surface area contributed by atoms with Gasteiger partial charge in [-0.2, -0.15) is 18.2 Å². The van der Waals surface area contributed by atoms with Gasteiger partial charge in [0.05, 0.1) is 12.1 Å². The number of hydrogen-bond acceptors (Lipinski definition) is 5. The molecule has 0 unspecified atom stereocenters. The molecule has 1 heterocycles. The number of carbonyl (C=O) groups excluding carboxylic acids is 1. The van der Waals surface area contributed by atoms with Gasteiger partial charge in [-0.05, 0) is 47.9 Å². The fraction of sp³-hybridized carbons (Fsp3) is 0.222. The lowest BCUT2D eigenvalue weighted by Gasteiger charge is -2.16. The molecule has 0 saturated heterocycles. The number of halogens is 3. The van der Waals surface area contributed by atoms with Crippen molar-refractivity contribution in [3.63, 3.8) is 0 Å². The lowest BCUT2D eigenvalue weighted by Crippen LogP contribution is -2.19. The second kappa shape index (κ2) is 10.2. The van der Waals surface area contributed by atoms with Crippen molar-refractivity contribution < 1.29 is 22.5 Å². The van der Waals surface area contributed by atoms with Crippen LogP contribution in [0.5, 0.6) is 0 Å². The van der Waals surface area contributed by atoms with Crippen molar-refractivity contribution in [1.29, 1.82) is 0 Å². The standard InChI is InChI=1S/C27H24F3N3O2/c1-3-19-6-4-5-7-22(19)23-13-12-21(16-24(23)27(28,29)30)26-31-25(32-35-26)20-10-8-18(9-11-20)17-33(2)14-15-34/h4-13,15-16H,3,14,17H2,1-2H3. The van der Waals surface area contributed by atoms with E-state index in [0.29, 0.717) is 30.6 Å². The summed E-state index contributed by atoms with van der Waals surface area (Å²) in [6.45, 7) is 2.85. The molecule has 0 N–H and O–H groups in total. The van der Waals surface area contributed by atoms with E-state index < -0.39 is 11.7 Å². The second-order valence-corrected chi connectivity index (χ2v) is 8.25. The third-order valence-electron chi connectivity index (χ3n) is 5.74. The van der Waals surface area contributed by atoms with Gasteiger partial charge < -0.3 is 9.32 Å². The molecule has 0 aliphatic carbocycles. The summed E-state index contributed by atoms with van der Waals surface area (Å²) in [5.74, 6) is 0.289. The van der Waals surface area contributed by atoms with Gasteiger partial charge >= 0.3 is 6.18 Å². The van der Waals surface area contributed by atoms with Crippen molar-refractivity contribution in [2.45, 2.75) is 26.1 Å². The van der Waals surface area contributed by atoms with E-state index in [1.54, 1.807) is 18.2 Å². The van der Waals surface area contributed by atoms with Crippen LogP contribution in [0.2, 0.25) is 0 Å². The third-order valence-corrected chi connectivity index (χ3v) is 5.74. The molecule has 0 fully saturated rings. The first-order valence-corrected chi connectivity index (χ1v) is 11.1. The Balaban J connectivity index is 1.64. The predicted octanol–water partition coefficient (Wildman–Crippen LogP) is 6.28. The van der Waals surface area contributed by atoms with E-state index in [1.165, 1.54) is 6.07 Å². The van der Waals surface area contributed by atoms with E-state index >= 15 is 0 Å². The highest BCUT2D eigenvalue weighted by atomic mass is 19.4. The van der Waals surface area contributed by atoms with Gasteiger partial charge in [-0.15, -0.1) is 0 Å². The van der Waals surface area contributed by atoms with Gasteiger partial charge in [0.25, 0.3) is 5.89 Å². The number of rotatable bonds is 8. The molecule has 0 aliphatic rings. The van der Waals surface area contributed by atoms with Gasteiger partial charge in [-0.1, -0.05) is 66.7 Å². The van der Waals surface area contributed by atoms with Crippen LogP contribution in [0.1, 0.15) is 23.6 Å². The number of hydrogen-bond donors (Lipinski definition) is 0. The maximum Gasteiger partial charge on any atom is 0.417 e. The van der Waals surface area contributed by atoms with Crippen LogP contribution in [0, 0.1) is 0 Å². The number of likely N-dealkylation sites (N-methyl/N-ethyl adjacent to an activating group) is 1. The van der Waals surface area contributed by atoms with Gasteiger partial charge in [0.2, 0.25) is 5.82 Å². The number of aromatic nitrogens is 2. The number of alkyl halides is 3. The molecule has 0 saturated carbocycles. The monoisotopic (exact) mass is 479 g/mol. The van der Waals surface area contributed by atoms with Gasteiger partial charge in [0.1, 0.15) is 6.29 Å². The predicted molar refractivity (Wildman–Crippen MR) is 127 cm³/mol. The molecule has 4 aromatic rings. The zero-order valence-corrected chi connectivity index (χ0v) is 19.3. The molecule has 5 nitrogen and oxygen atoms in total. The minimum Gasteiger partial charge on any atom is -0.334 e. The van der Waals surface area contributed by atoms with Crippen molar-refractivity contribution in [1.82, 2.24) is 15.0 Å². The lowest BCUT2D eigenvalue weighted by molar-refractivity contribution is -0.137. The third kappa shape index (κ3) is 5.49. The average Bonchev–Trinajstić information content (AvgIpc) is 3.34. The van der Waals surface area contributed by atoms with Crippen LogP contribution >= 0.6 is 0 Å². The number of benzene rings is 3. The van der Waals surface area contributed by atoms with Crippen molar-refractivity contribution in [3.05, 3.63) is 83.4 Å². The number of carbonyl (C=O) groups is 1. The molecule has 0 bridgehead atoms. The summed E-state index contributed by atoms with van der Waals surface area (Å²) in [5, 5.41) is 3.96. The minimum atomic E-state index is -4.55. The molecular formula is C27H24F3N3O2. The summed E-state index contributed by atoms with van der Waals surface area (Å²) in [6.07, 6.45) is -3.09. The summed E-state index contributed by atoms with van der Waals surface area (Å²) in [5.41, 5.74) is 2.63. The first-order chi connectivity index (χ1) is 16.8. The summed E-state index contributed by atoms with van der Waals surface area (Å²) in [6, 6.07) is 18.6. The Morgan fingerprint density at radius 2 is 1.69 bits per heavy atom. The summed E-state index contributed by atoms with van der Waals surface area (Å²) >= 11 is 0. The minimum absolute atomic E-state index is 0.00983. The molecule has 1 aromatic heterocycles. The average molecular weight is 480 g/mol. The molecule has 0 spiro atoms. The Bertz CT molecular complexity index is 1310. The molecule has 35 heavy (non-hydrogen) atoms. The molecular weight excluding hydrogens is 455 g/mol. The Morgan fingerprint density at radius 3 is 2.37 bits per heavy atom. The highest BCUT2D eigenvalue weighted by molar-refractivity contribution is 5.75. The van der Waals surface area contributed by atoms with E-state index in [-0.39, 0.29) is 22.8 Å². The smallest absolute Gasteiger partial charge is 0.334 e. The zero-order chi connectivity index (χ0) is 25.0. The normalized spacial score (nSPS) is 11.7. The first-order valence-electron chi connectivity index (χ1n) is 11.1. The first kappa shape index (κ1) is 24.3. The largest absolute Gasteiger partial charge is 0.417 e. The molecule has 3 aromatic carbocycles. The second-order valence-electron chi connectivity index (χ2n) is 8.25. The molecule has 0 atom stereocenters. The number of nitrogens with zero attached hydrogens (tertiary/aromatic N) is 3. The van der Waals surface area contributed by atoms with Crippen molar-refractivity contribution in [2.24, 2.45) is 0 Å². The van der Waals surface area contributed by atoms with Crippen molar-refractivity contribution in [2.75, 3.05) is 13.6 Å². The zero-order valence-electron chi connectivity index (χ0n) is 19.3. The quantitative estimate of drug-likeness (QED) is 0.278. The SMILES string of the molecule is CCc1ccccc1-c1ccc(-c2nc(-c3ccc(CN(C)CC=O)cc3)no2)cc1C(F)(F)F. The van der Waals surface area contributed by atoms with E-state index in [4.69, 9.17) is 4.52 Å². The van der Waals surface area contributed by atoms with Crippen LogP contribution < -0.4 is 0 Å². The lowest BCUT2D eigenvalue weighted by atomic mass is 9.92. The topological polar surface area (TPSA) is 59.2 Å². The van der Waals surface area contributed by atoms with Gasteiger partial charge in [0.15, 0.2) is 0 Å². The van der Waals surface area contributed by atoms with Gasteiger partial charge in [-0.25, -0.2) is 0 Å². The summed E-state index contributed by atoms with van der Waals surface area (Å²) in [4.78, 5) is 16.8. The molecule has 8 heteroatoms. The van der Waals surface area contributed by atoms with E-state index in [0.717, 1.165) is 23.5 Å². The molecule has 0 aliphatic heterocycles. The van der Waals surface area contributed by atoms with Crippen molar-refractivity contribution >= 4 is 6.29 Å². The number of aryl methyl sites for hydroxylation is 1. The van der Waals surface area contributed by atoms with E-state index in [1.807, 2.05) is 55.3 Å². The Kier molecular flexibility index (Phi) is 7.12. The Hall–Kier alpha value is -3.78. The molecule has 0 amide bonds. The maximum absolute atomic E-state index is 14.0. The van der Waals surface area contributed by atoms with Gasteiger partial charge in [-0.3, -0.25) is 4.90 Å². The fourth-order valence-electron chi connectivity index (χ4n) is 3.96. The highest BCUT2D eigenvalue weighted by Gasteiger charge is 2.35. The summed E-state index contributed by atoms with van der Waals surface area (Å²) in [7, 11) is 1.84. The number of aldehydes is 1. The van der Waals surface area contributed by atoms with Crippen LogP contribution in [0.3, 0.4) is 0 Å². The molecule has 4 rings (SSSR count). The van der Waals surface area contributed by atoms with Crippen LogP contribution in [0.15, 0.2) is 71.3 Å². The molecule has 0 radical (unpaired) electrons. The van der Waals surface area contributed by atoms with Crippen LogP contribution in [0.25, 0.3) is 34.0 Å². The van der Waals surface area contributed by atoms with Crippen LogP contribution in [-0.2, 0) is 23.9 Å². The van der Waals surface area contributed by atoms with Crippen molar-refractivity contribution in [3.8, 4) is 34.0 Å². The Labute approximate surface area is 201 Å². The molecule has 180 valence electrons. The fourth-order valence-corrected chi connectivity index (χ4v) is 3.96.